The average Bonchev–Trinajstić information content (AvgIpc) is 3.25. The van der Waals surface area contributed by atoms with Gasteiger partial charge in [0.2, 0.25) is 0 Å². The first-order valence-electron chi connectivity index (χ1n) is 8.37. The molecule has 26 heavy (non-hydrogen) atoms. The van der Waals surface area contributed by atoms with Gasteiger partial charge in [-0.25, -0.2) is 0 Å². The number of nitrogens with one attached hydrogen (secondary N) is 1. The predicted molar refractivity (Wildman–Crippen MR) is 100 cm³/mol. The second-order valence-corrected chi connectivity index (χ2v) is 8.75. The van der Waals surface area contributed by atoms with Crippen molar-refractivity contribution in [3.05, 3.63) is 35.2 Å². The predicted octanol–water partition coefficient (Wildman–Crippen LogP) is 4.73. The van der Waals surface area contributed by atoms with E-state index in [0.717, 1.165) is 14.8 Å². The highest BCUT2D eigenvalue weighted by atomic mass is 32.1. The number of nitrogens with zero attached hydrogens (tertiary/aromatic N) is 1. The maximum Gasteiger partial charge on any atom is 0.401 e. The molecule has 3 nitrogen and oxygen atoms in total. The molecule has 1 aliphatic rings. The Labute approximate surface area is 156 Å². The first kappa shape index (κ1) is 17.8. The number of amides is 1. The summed E-state index contributed by atoms with van der Waals surface area (Å²) in [6.07, 6.45) is -3.48. The van der Waals surface area contributed by atoms with E-state index in [2.05, 4.69) is 17.4 Å². The van der Waals surface area contributed by atoms with Crippen LogP contribution in [0.3, 0.4) is 0 Å². The van der Waals surface area contributed by atoms with Gasteiger partial charge in [-0.05, 0) is 31.0 Å². The van der Waals surface area contributed by atoms with E-state index in [1.54, 1.807) is 11.3 Å². The number of thiophene rings is 2. The van der Waals surface area contributed by atoms with Gasteiger partial charge in [-0.1, -0.05) is 18.2 Å². The van der Waals surface area contributed by atoms with E-state index in [0.29, 0.717) is 30.9 Å². The molecular weight excluding hydrogens is 381 g/mol. The molecule has 1 amide bonds. The minimum atomic E-state index is -4.16. The van der Waals surface area contributed by atoms with E-state index in [1.165, 1.54) is 20.9 Å². The smallest absolute Gasteiger partial charge is 0.351 e. The van der Waals surface area contributed by atoms with Crippen LogP contribution in [0.1, 0.15) is 16.1 Å². The third-order valence-corrected chi connectivity index (χ3v) is 7.01. The third kappa shape index (κ3) is 3.72. The van der Waals surface area contributed by atoms with Crippen LogP contribution in [0.15, 0.2) is 30.3 Å². The molecule has 1 aliphatic heterocycles. The van der Waals surface area contributed by atoms with Crippen molar-refractivity contribution >= 4 is 48.1 Å². The number of hydrogen-bond donors (Lipinski definition) is 1. The van der Waals surface area contributed by atoms with Crippen LogP contribution in [-0.2, 0) is 0 Å². The van der Waals surface area contributed by atoms with Gasteiger partial charge in [0.15, 0.2) is 0 Å². The summed E-state index contributed by atoms with van der Waals surface area (Å²) in [4.78, 5) is 14.5. The molecule has 0 spiro atoms. The summed E-state index contributed by atoms with van der Waals surface area (Å²) >= 11 is 3.14. The molecule has 0 saturated carbocycles. The third-order valence-electron chi connectivity index (χ3n) is 4.60. The number of carbonyl (C=O) groups excluding carboxylic acids is 1. The van der Waals surface area contributed by atoms with Gasteiger partial charge in [0.25, 0.3) is 5.91 Å². The first-order valence-corrected chi connectivity index (χ1v) is 10.0. The van der Waals surface area contributed by atoms with E-state index in [4.69, 9.17) is 0 Å². The standard InChI is InChI=1S/C18H17F3N2OS2/c19-18(20,21)10-23-6-5-11(9-23)8-22-17(24)15-7-14-16(26-15)12-3-1-2-4-13(12)25-14/h1-4,7,11H,5-6,8-10H2,(H,22,24)/t11-/m1/s1. The van der Waals surface area contributed by atoms with Crippen LogP contribution >= 0.6 is 22.7 Å². The van der Waals surface area contributed by atoms with Gasteiger partial charge in [-0.2, -0.15) is 13.2 Å². The molecule has 3 aromatic rings. The Bertz CT molecular complexity index is 947. The SMILES string of the molecule is O=C(NC[C@H]1CCN(CC(F)(F)F)C1)c1cc2sc3ccccc3c2s1. The fourth-order valence-corrected chi connectivity index (χ4v) is 5.85. The molecule has 8 heteroatoms. The van der Waals surface area contributed by atoms with Crippen LogP contribution in [-0.4, -0.2) is 43.2 Å². The van der Waals surface area contributed by atoms with Crippen LogP contribution in [0.2, 0.25) is 0 Å². The highest BCUT2D eigenvalue weighted by Crippen LogP contribution is 2.39. The maximum absolute atomic E-state index is 12.4. The molecule has 0 unspecified atom stereocenters. The minimum Gasteiger partial charge on any atom is -0.351 e. The molecule has 1 aromatic carbocycles. The van der Waals surface area contributed by atoms with Crippen LogP contribution in [0, 0.1) is 5.92 Å². The molecule has 2 aromatic heterocycles. The van der Waals surface area contributed by atoms with E-state index in [1.807, 2.05) is 18.2 Å². The van der Waals surface area contributed by atoms with Gasteiger partial charge >= 0.3 is 6.18 Å². The molecule has 0 radical (unpaired) electrons. The van der Waals surface area contributed by atoms with E-state index in [9.17, 15) is 18.0 Å². The van der Waals surface area contributed by atoms with Crippen molar-refractivity contribution in [1.29, 1.82) is 0 Å². The largest absolute Gasteiger partial charge is 0.401 e. The van der Waals surface area contributed by atoms with Gasteiger partial charge in [-0.3, -0.25) is 9.69 Å². The van der Waals surface area contributed by atoms with Crippen LogP contribution < -0.4 is 5.32 Å². The van der Waals surface area contributed by atoms with Crippen molar-refractivity contribution < 1.29 is 18.0 Å². The number of halogens is 3. The van der Waals surface area contributed by atoms with Crippen molar-refractivity contribution in [3.63, 3.8) is 0 Å². The Balaban J connectivity index is 1.37. The highest BCUT2D eigenvalue weighted by Gasteiger charge is 2.34. The van der Waals surface area contributed by atoms with E-state index in [-0.39, 0.29) is 11.8 Å². The first-order chi connectivity index (χ1) is 12.4. The molecule has 138 valence electrons. The van der Waals surface area contributed by atoms with Gasteiger partial charge in [0.1, 0.15) is 0 Å². The molecular formula is C18H17F3N2OS2. The van der Waals surface area contributed by atoms with Gasteiger partial charge < -0.3 is 5.32 Å². The van der Waals surface area contributed by atoms with Gasteiger partial charge in [0.05, 0.1) is 16.1 Å². The van der Waals surface area contributed by atoms with Gasteiger partial charge in [-0.15, -0.1) is 22.7 Å². The Morgan fingerprint density at radius 1 is 1.23 bits per heavy atom. The lowest BCUT2D eigenvalue weighted by Gasteiger charge is -2.17. The van der Waals surface area contributed by atoms with E-state index < -0.39 is 12.7 Å². The number of hydrogen-bond acceptors (Lipinski definition) is 4. The summed E-state index contributed by atoms with van der Waals surface area (Å²) in [7, 11) is 0. The van der Waals surface area contributed by atoms with Crippen molar-refractivity contribution in [2.45, 2.75) is 12.6 Å². The Hall–Kier alpha value is -1.64. The summed E-state index contributed by atoms with van der Waals surface area (Å²) in [5.41, 5.74) is 0. The number of fused-ring (bicyclic) bond motifs is 3. The average molecular weight is 398 g/mol. The lowest BCUT2D eigenvalue weighted by Crippen LogP contribution is -2.34. The summed E-state index contributed by atoms with van der Waals surface area (Å²) < 4.78 is 40.7. The molecule has 4 rings (SSSR count). The normalized spacial score (nSPS) is 18.8. The second kappa shape index (κ2) is 6.83. The topological polar surface area (TPSA) is 32.3 Å². The molecule has 0 aliphatic carbocycles. The minimum absolute atomic E-state index is 0.0724. The number of likely N-dealkylation sites (tertiary alicyclic amines) is 1. The molecule has 1 fully saturated rings. The fraction of sp³-hybridized carbons (Fsp3) is 0.389. The van der Waals surface area contributed by atoms with E-state index >= 15 is 0 Å². The van der Waals surface area contributed by atoms with Crippen LogP contribution in [0.5, 0.6) is 0 Å². The quantitative estimate of drug-likeness (QED) is 0.689. The molecule has 1 saturated heterocycles. The monoisotopic (exact) mass is 398 g/mol. The summed E-state index contributed by atoms with van der Waals surface area (Å²) in [5, 5.41) is 4.05. The number of carbonyl (C=O) groups is 1. The zero-order chi connectivity index (χ0) is 18.3. The van der Waals surface area contributed by atoms with Crippen molar-refractivity contribution in [1.82, 2.24) is 10.2 Å². The summed E-state index contributed by atoms with van der Waals surface area (Å²) in [5.74, 6) is -0.0695. The molecule has 3 heterocycles. The van der Waals surface area contributed by atoms with Crippen LogP contribution in [0.25, 0.3) is 19.5 Å². The number of alkyl halides is 3. The maximum atomic E-state index is 12.4. The number of benzene rings is 1. The summed E-state index contributed by atoms with van der Waals surface area (Å²) in [6, 6.07) is 10.0. The highest BCUT2D eigenvalue weighted by molar-refractivity contribution is 7.33. The zero-order valence-corrected chi connectivity index (χ0v) is 15.4. The van der Waals surface area contributed by atoms with Crippen molar-refractivity contribution in [2.24, 2.45) is 5.92 Å². The van der Waals surface area contributed by atoms with Gasteiger partial charge in [0, 0.05) is 27.9 Å². The number of rotatable bonds is 4. The second-order valence-electron chi connectivity index (χ2n) is 6.62. The Morgan fingerprint density at radius 2 is 2.04 bits per heavy atom. The molecule has 1 atom stereocenters. The van der Waals surface area contributed by atoms with Crippen molar-refractivity contribution in [2.75, 3.05) is 26.2 Å². The summed E-state index contributed by atoms with van der Waals surface area (Å²) in [6.45, 7) is 0.357. The van der Waals surface area contributed by atoms with Crippen LogP contribution in [0.4, 0.5) is 13.2 Å². The lowest BCUT2D eigenvalue weighted by atomic mass is 10.1. The Morgan fingerprint density at radius 3 is 2.85 bits per heavy atom. The molecule has 0 bridgehead atoms. The zero-order valence-electron chi connectivity index (χ0n) is 13.8. The fourth-order valence-electron chi connectivity index (χ4n) is 3.41. The Kier molecular flexibility index (Phi) is 4.66. The molecule has 1 N–H and O–H groups in total. The van der Waals surface area contributed by atoms with Crippen molar-refractivity contribution in [3.8, 4) is 0 Å². The lowest BCUT2D eigenvalue weighted by molar-refractivity contribution is -0.143.